The summed E-state index contributed by atoms with van der Waals surface area (Å²) in [7, 11) is -3.47. The minimum absolute atomic E-state index is 0.00516. The smallest absolute Gasteiger partial charge is 0.223 e. The molecule has 1 aliphatic heterocycles. The number of aryl methyl sites for hydroxylation is 1. The minimum Gasteiger partial charge on any atom is -0.349 e. The SMILES string of the molecule is CC[C@@H](NC(=O)C1CCN(S(=O)(=O)Cc2ccccc2Cl)CC1)c1ccc(C)cc1. The number of hydrogen-bond donors (Lipinski definition) is 1. The van der Waals surface area contributed by atoms with E-state index in [2.05, 4.69) is 12.2 Å². The summed E-state index contributed by atoms with van der Waals surface area (Å²) in [6.07, 6.45) is 1.86. The van der Waals surface area contributed by atoms with E-state index in [0.717, 1.165) is 12.0 Å². The molecule has 1 saturated heterocycles. The van der Waals surface area contributed by atoms with Gasteiger partial charge < -0.3 is 5.32 Å². The molecule has 5 nitrogen and oxygen atoms in total. The Morgan fingerprint density at radius 3 is 2.37 bits per heavy atom. The van der Waals surface area contributed by atoms with E-state index in [0.29, 0.717) is 36.5 Å². The molecule has 0 saturated carbocycles. The van der Waals surface area contributed by atoms with E-state index >= 15 is 0 Å². The summed E-state index contributed by atoms with van der Waals surface area (Å²) in [5, 5.41) is 3.60. The van der Waals surface area contributed by atoms with Crippen molar-refractivity contribution < 1.29 is 13.2 Å². The standard InChI is InChI=1S/C23H29ClN2O3S/c1-3-22(18-10-8-17(2)9-11-18)25-23(27)19-12-14-26(15-13-19)30(28,29)16-20-6-4-5-7-21(20)24/h4-11,19,22H,3,12-16H2,1-2H3,(H,25,27)/t22-/m1/s1. The number of halogens is 1. The Hall–Kier alpha value is -1.89. The minimum atomic E-state index is -3.47. The predicted octanol–water partition coefficient (Wildman–Crippen LogP) is 4.46. The molecule has 162 valence electrons. The molecule has 30 heavy (non-hydrogen) atoms. The summed E-state index contributed by atoms with van der Waals surface area (Å²) in [4.78, 5) is 12.8. The molecule has 0 bridgehead atoms. The highest BCUT2D eigenvalue weighted by Crippen LogP contribution is 2.25. The van der Waals surface area contributed by atoms with Crippen molar-refractivity contribution in [2.45, 2.75) is 44.9 Å². The van der Waals surface area contributed by atoms with E-state index in [1.165, 1.54) is 9.87 Å². The molecule has 0 radical (unpaired) electrons. The van der Waals surface area contributed by atoms with Crippen molar-refractivity contribution in [1.29, 1.82) is 0 Å². The number of carbonyl (C=O) groups is 1. The largest absolute Gasteiger partial charge is 0.349 e. The van der Waals surface area contributed by atoms with Crippen LogP contribution in [0.1, 0.15) is 48.9 Å². The lowest BCUT2D eigenvalue weighted by Crippen LogP contribution is -2.44. The zero-order valence-corrected chi connectivity index (χ0v) is 19.0. The Morgan fingerprint density at radius 2 is 1.77 bits per heavy atom. The first-order valence-electron chi connectivity index (χ1n) is 10.4. The van der Waals surface area contributed by atoms with Gasteiger partial charge in [-0.1, -0.05) is 66.6 Å². The maximum absolute atomic E-state index is 12.8. The summed E-state index contributed by atoms with van der Waals surface area (Å²) in [5.74, 6) is -0.281. The molecule has 1 aliphatic rings. The van der Waals surface area contributed by atoms with Gasteiger partial charge in [0.25, 0.3) is 0 Å². The fourth-order valence-electron chi connectivity index (χ4n) is 3.81. The van der Waals surface area contributed by atoms with E-state index in [9.17, 15) is 13.2 Å². The molecule has 1 amide bonds. The molecule has 7 heteroatoms. The topological polar surface area (TPSA) is 66.5 Å². The van der Waals surface area contributed by atoms with Crippen LogP contribution in [-0.4, -0.2) is 31.7 Å². The molecule has 1 N–H and O–H groups in total. The van der Waals surface area contributed by atoms with Crippen LogP contribution in [0.4, 0.5) is 0 Å². The van der Waals surface area contributed by atoms with Gasteiger partial charge in [-0.2, -0.15) is 0 Å². The number of piperidine rings is 1. The van der Waals surface area contributed by atoms with Crippen molar-refractivity contribution in [3.8, 4) is 0 Å². The highest BCUT2D eigenvalue weighted by Gasteiger charge is 2.32. The highest BCUT2D eigenvalue weighted by atomic mass is 35.5. The van der Waals surface area contributed by atoms with Crippen LogP contribution < -0.4 is 5.32 Å². The quantitative estimate of drug-likeness (QED) is 0.680. The van der Waals surface area contributed by atoms with Gasteiger partial charge in [-0.25, -0.2) is 12.7 Å². The Morgan fingerprint density at radius 1 is 1.13 bits per heavy atom. The van der Waals surface area contributed by atoms with Crippen molar-refractivity contribution >= 4 is 27.5 Å². The molecule has 0 unspecified atom stereocenters. The first-order chi connectivity index (χ1) is 14.3. The highest BCUT2D eigenvalue weighted by molar-refractivity contribution is 7.88. The molecule has 0 aromatic heterocycles. The Labute approximate surface area is 184 Å². The fourth-order valence-corrected chi connectivity index (χ4v) is 5.69. The second-order valence-electron chi connectivity index (χ2n) is 7.90. The van der Waals surface area contributed by atoms with Gasteiger partial charge in [0.2, 0.25) is 15.9 Å². The maximum atomic E-state index is 12.8. The zero-order chi connectivity index (χ0) is 21.7. The van der Waals surface area contributed by atoms with Crippen molar-refractivity contribution in [3.05, 3.63) is 70.2 Å². The van der Waals surface area contributed by atoms with Gasteiger partial charge in [-0.3, -0.25) is 4.79 Å². The third-order valence-electron chi connectivity index (χ3n) is 5.72. The fraction of sp³-hybridized carbons (Fsp3) is 0.435. The van der Waals surface area contributed by atoms with Crippen LogP contribution in [0.25, 0.3) is 0 Å². The van der Waals surface area contributed by atoms with E-state index in [4.69, 9.17) is 11.6 Å². The summed E-state index contributed by atoms with van der Waals surface area (Å²) in [6.45, 7) is 4.80. The second kappa shape index (κ2) is 9.94. The predicted molar refractivity (Wildman–Crippen MR) is 121 cm³/mol. The van der Waals surface area contributed by atoms with Crippen LogP contribution in [0.15, 0.2) is 48.5 Å². The number of hydrogen-bond acceptors (Lipinski definition) is 3. The number of rotatable bonds is 7. The van der Waals surface area contributed by atoms with Crippen LogP contribution in [0, 0.1) is 12.8 Å². The van der Waals surface area contributed by atoms with Crippen molar-refractivity contribution in [3.63, 3.8) is 0 Å². The third kappa shape index (κ3) is 5.62. The average Bonchev–Trinajstić information content (AvgIpc) is 2.74. The molecule has 1 fully saturated rings. The van der Waals surface area contributed by atoms with E-state index in [1.54, 1.807) is 24.3 Å². The Kier molecular flexibility index (Phi) is 7.55. The van der Waals surface area contributed by atoms with Crippen LogP contribution in [0.3, 0.4) is 0 Å². The Balaban J connectivity index is 1.57. The van der Waals surface area contributed by atoms with Crippen LogP contribution >= 0.6 is 11.6 Å². The van der Waals surface area contributed by atoms with Gasteiger partial charge in [-0.15, -0.1) is 0 Å². The number of nitrogens with zero attached hydrogens (tertiary/aromatic N) is 1. The molecule has 1 atom stereocenters. The number of carbonyl (C=O) groups excluding carboxylic acids is 1. The molecular formula is C23H29ClN2O3S. The lowest BCUT2D eigenvalue weighted by molar-refractivity contribution is -0.126. The molecule has 0 aliphatic carbocycles. The summed E-state index contributed by atoms with van der Waals surface area (Å²) < 4.78 is 27.1. The van der Waals surface area contributed by atoms with E-state index in [1.807, 2.05) is 31.2 Å². The molecule has 3 rings (SSSR count). The van der Waals surface area contributed by atoms with Crippen LogP contribution in [-0.2, 0) is 20.6 Å². The van der Waals surface area contributed by atoms with E-state index < -0.39 is 10.0 Å². The van der Waals surface area contributed by atoms with E-state index in [-0.39, 0.29) is 23.6 Å². The number of amides is 1. The molecule has 2 aromatic carbocycles. The summed E-state index contributed by atoms with van der Waals surface area (Å²) >= 11 is 6.12. The monoisotopic (exact) mass is 448 g/mol. The van der Waals surface area contributed by atoms with Crippen molar-refractivity contribution in [2.24, 2.45) is 5.92 Å². The van der Waals surface area contributed by atoms with Gasteiger partial charge in [-0.05, 0) is 43.4 Å². The first-order valence-corrected chi connectivity index (χ1v) is 12.4. The number of benzene rings is 2. The zero-order valence-electron chi connectivity index (χ0n) is 17.5. The van der Waals surface area contributed by atoms with Crippen LogP contribution in [0.2, 0.25) is 5.02 Å². The second-order valence-corrected chi connectivity index (χ2v) is 10.3. The van der Waals surface area contributed by atoms with Gasteiger partial charge in [0.15, 0.2) is 0 Å². The van der Waals surface area contributed by atoms with Gasteiger partial charge in [0.05, 0.1) is 11.8 Å². The third-order valence-corrected chi connectivity index (χ3v) is 7.91. The first kappa shape index (κ1) is 22.8. The van der Waals surface area contributed by atoms with Crippen molar-refractivity contribution in [1.82, 2.24) is 9.62 Å². The number of sulfonamides is 1. The maximum Gasteiger partial charge on any atom is 0.223 e. The average molecular weight is 449 g/mol. The molecule has 2 aromatic rings. The van der Waals surface area contributed by atoms with Crippen LogP contribution in [0.5, 0.6) is 0 Å². The Bertz CT molecular complexity index is 968. The van der Waals surface area contributed by atoms with Gasteiger partial charge in [0, 0.05) is 24.0 Å². The number of nitrogens with one attached hydrogen (secondary N) is 1. The molecular weight excluding hydrogens is 420 g/mol. The van der Waals surface area contributed by atoms with Crippen molar-refractivity contribution in [2.75, 3.05) is 13.1 Å². The lowest BCUT2D eigenvalue weighted by Gasteiger charge is -2.31. The summed E-state index contributed by atoms with van der Waals surface area (Å²) in [6, 6.07) is 15.2. The normalized spacial score (nSPS) is 16.9. The van der Waals surface area contributed by atoms with Gasteiger partial charge in [0.1, 0.15) is 0 Å². The molecule has 0 spiro atoms. The van der Waals surface area contributed by atoms with Gasteiger partial charge >= 0.3 is 0 Å². The summed E-state index contributed by atoms with van der Waals surface area (Å²) in [5.41, 5.74) is 2.88. The molecule has 1 heterocycles. The lowest BCUT2D eigenvalue weighted by atomic mass is 9.95.